The second-order valence-electron chi connectivity index (χ2n) is 7.11. The minimum Gasteiger partial charge on any atom is -0.486 e. The van der Waals surface area contributed by atoms with E-state index in [9.17, 15) is 4.39 Å². The predicted octanol–water partition coefficient (Wildman–Crippen LogP) is 3.72. The van der Waals surface area contributed by atoms with Crippen LogP contribution in [-0.4, -0.2) is 58.3 Å². The highest BCUT2D eigenvalue weighted by Gasteiger charge is 2.16. The van der Waals surface area contributed by atoms with E-state index in [1.807, 2.05) is 35.8 Å². The Morgan fingerprint density at radius 3 is 2.50 bits per heavy atom. The van der Waals surface area contributed by atoms with Crippen molar-refractivity contribution < 1.29 is 13.9 Å². The van der Waals surface area contributed by atoms with E-state index in [1.165, 1.54) is 17.7 Å². The zero-order valence-corrected chi connectivity index (χ0v) is 17.8. The Labute approximate surface area is 180 Å². The summed E-state index contributed by atoms with van der Waals surface area (Å²) in [7, 11) is 0. The summed E-state index contributed by atoms with van der Waals surface area (Å²) < 4.78 is 26.7. The summed E-state index contributed by atoms with van der Waals surface area (Å²) >= 11 is 1.64. The van der Waals surface area contributed by atoms with Crippen LogP contribution in [0.5, 0.6) is 5.75 Å². The van der Waals surface area contributed by atoms with Gasteiger partial charge in [0.05, 0.1) is 13.2 Å². The van der Waals surface area contributed by atoms with Crippen molar-refractivity contribution in [1.82, 2.24) is 19.7 Å². The lowest BCUT2D eigenvalue weighted by Gasteiger charge is -2.26. The van der Waals surface area contributed by atoms with Crippen LogP contribution >= 0.6 is 11.8 Å². The van der Waals surface area contributed by atoms with Gasteiger partial charge in [-0.1, -0.05) is 29.5 Å². The predicted molar refractivity (Wildman–Crippen MR) is 115 cm³/mol. The molecule has 8 heteroatoms. The first-order valence-corrected chi connectivity index (χ1v) is 11.0. The standard InChI is InChI=1S/C22H25FN4O2S/c1-17-2-8-20(9-3-17)29-16-21-24-25-22(27(21)19-6-4-18(23)5-7-19)30-15-12-26-10-13-28-14-11-26/h2-9H,10-16H2,1H3. The highest BCUT2D eigenvalue weighted by atomic mass is 32.2. The lowest BCUT2D eigenvalue weighted by molar-refractivity contribution is 0.0410. The number of ether oxygens (including phenoxy) is 2. The van der Waals surface area contributed by atoms with E-state index in [2.05, 4.69) is 15.1 Å². The number of halogens is 1. The average molecular weight is 429 g/mol. The van der Waals surface area contributed by atoms with Gasteiger partial charge in [-0.2, -0.15) is 0 Å². The number of aromatic nitrogens is 3. The van der Waals surface area contributed by atoms with Crippen LogP contribution in [0, 0.1) is 12.7 Å². The molecular weight excluding hydrogens is 403 g/mol. The van der Waals surface area contributed by atoms with E-state index < -0.39 is 0 Å². The highest BCUT2D eigenvalue weighted by molar-refractivity contribution is 7.99. The first kappa shape index (κ1) is 20.8. The SMILES string of the molecule is Cc1ccc(OCc2nnc(SCCN3CCOCC3)n2-c2ccc(F)cc2)cc1. The Balaban J connectivity index is 1.48. The third kappa shape index (κ3) is 5.38. The fourth-order valence-corrected chi connectivity index (χ4v) is 4.18. The molecule has 0 saturated carbocycles. The zero-order valence-electron chi connectivity index (χ0n) is 17.0. The molecule has 6 nitrogen and oxygen atoms in total. The summed E-state index contributed by atoms with van der Waals surface area (Å²) in [5, 5.41) is 9.51. The maximum Gasteiger partial charge on any atom is 0.195 e. The van der Waals surface area contributed by atoms with Crippen molar-refractivity contribution in [1.29, 1.82) is 0 Å². The van der Waals surface area contributed by atoms with Gasteiger partial charge in [0.15, 0.2) is 11.0 Å². The zero-order chi connectivity index (χ0) is 20.8. The normalized spacial score (nSPS) is 14.7. The monoisotopic (exact) mass is 428 g/mol. The summed E-state index contributed by atoms with van der Waals surface area (Å²) in [5.74, 6) is 2.07. The fraction of sp³-hybridized carbons (Fsp3) is 0.364. The molecule has 1 aliphatic rings. The molecule has 0 bridgehead atoms. The van der Waals surface area contributed by atoms with Gasteiger partial charge in [-0.3, -0.25) is 9.47 Å². The Kier molecular flexibility index (Phi) is 6.99. The second-order valence-corrected chi connectivity index (χ2v) is 8.18. The molecule has 30 heavy (non-hydrogen) atoms. The van der Waals surface area contributed by atoms with Crippen molar-refractivity contribution in [3.63, 3.8) is 0 Å². The van der Waals surface area contributed by atoms with E-state index in [1.54, 1.807) is 23.9 Å². The largest absolute Gasteiger partial charge is 0.486 e. The molecule has 1 fully saturated rings. The topological polar surface area (TPSA) is 52.4 Å². The van der Waals surface area contributed by atoms with Gasteiger partial charge in [0.25, 0.3) is 0 Å². The second kappa shape index (κ2) is 10.1. The summed E-state index contributed by atoms with van der Waals surface area (Å²) in [6.07, 6.45) is 0. The maximum absolute atomic E-state index is 13.5. The van der Waals surface area contributed by atoms with Crippen LogP contribution < -0.4 is 4.74 Å². The van der Waals surface area contributed by atoms with Gasteiger partial charge in [-0.25, -0.2) is 4.39 Å². The van der Waals surface area contributed by atoms with Crippen LogP contribution in [0.4, 0.5) is 4.39 Å². The van der Waals surface area contributed by atoms with Crippen LogP contribution in [0.1, 0.15) is 11.4 Å². The van der Waals surface area contributed by atoms with E-state index in [0.717, 1.165) is 55.2 Å². The van der Waals surface area contributed by atoms with Crippen LogP contribution in [0.25, 0.3) is 5.69 Å². The van der Waals surface area contributed by atoms with Crippen molar-refractivity contribution in [2.24, 2.45) is 0 Å². The molecule has 1 saturated heterocycles. The number of morpholine rings is 1. The number of thioether (sulfide) groups is 1. The fourth-order valence-electron chi connectivity index (χ4n) is 3.21. The number of hydrogen-bond donors (Lipinski definition) is 0. The summed E-state index contributed by atoms with van der Waals surface area (Å²) in [5.41, 5.74) is 1.99. The quantitative estimate of drug-likeness (QED) is 0.510. The van der Waals surface area contributed by atoms with E-state index in [-0.39, 0.29) is 12.4 Å². The van der Waals surface area contributed by atoms with Gasteiger partial charge < -0.3 is 9.47 Å². The molecule has 158 valence electrons. The number of hydrogen-bond acceptors (Lipinski definition) is 6. The molecule has 0 unspecified atom stereocenters. The van der Waals surface area contributed by atoms with Crippen molar-refractivity contribution in [3.8, 4) is 11.4 Å². The van der Waals surface area contributed by atoms with Crippen molar-refractivity contribution in [2.75, 3.05) is 38.6 Å². The summed E-state index contributed by atoms with van der Waals surface area (Å²) in [6, 6.07) is 14.3. The highest BCUT2D eigenvalue weighted by Crippen LogP contribution is 2.24. The minimum atomic E-state index is -0.272. The van der Waals surface area contributed by atoms with Crippen molar-refractivity contribution in [3.05, 3.63) is 65.7 Å². The lowest BCUT2D eigenvalue weighted by Crippen LogP contribution is -2.37. The van der Waals surface area contributed by atoms with E-state index in [0.29, 0.717) is 5.82 Å². The molecule has 0 radical (unpaired) electrons. The molecule has 0 aliphatic carbocycles. The van der Waals surface area contributed by atoms with Crippen molar-refractivity contribution >= 4 is 11.8 Å². The van der Waals surface area contributed by atoms with Crippen LogP contribution in [0.3, 0.4) is 0 Å². The molecular formula is C22H25FN4O2S. The molecule has 4 rings (SSSR count). The Morgan fingerprint density at radius 2 is 1.77 bits per heavy atom. The number of aryl methyl sites for hydroxylation is 1. The van der Waals surface area contributed by atoms with E-state index in [4.69, 9.17) is 9.47 Å². The molecule has 0 N–H and O–H groups in total. The molecule has 0 amide bonds. The molecule has 2 aromatic carbocycles. The number of rotatable bonds is 8. The number of nitrogens with zero attached hydrogens (tertiary/aromatic N) is 4. The smallest absolute Gasteiger partial charge is 0.195 e. The van der Waals surface area contributed by atoms with Gasteiger partial charge in [0.2, 0.25) is 0 Å². The summed E-state index contributed by atoms with van der Waals surface area (Å²) in [6.45, 7) is 6.77. The maximum atomic E-state index is 13.5. The first-order valence-electron chi connectivity index (χ1n) is 10.0. The molecule has 1 aliphatic heterocycles. The van der Waals surface area contributed by atoms with Crippen LogP contribution in [0.15, 0.2) is 53.7 Å². The van der Waals surface area contributed by atoms with Crippen LogP contribution in [-0.2, 0) is 11.3 Å². The minimum absolute atomic E-state index is 0.272. The van der Waals surface area contributed by atoms with Gasteiger partial charge in [-0.05, 0) is 43.3 Å². The Morgan fingerprint density at radius 1 is 1.03 bits per heavy atom. The molecule has 0 atom stereocenters. The van der Waals surface area contributed by atoms with Gasteiger partial charge >= 0.3 is 0 Å². The third-order valence-electron chi connectivity index (χ3n) is 4.92. The Hall–Kier alpha value is -2.42. The van der Waals surface area contributed by atoms with Gasteiger partial charge in [-0.15, -0.1) is 10.2 Å². The van der Waals surface area contributed by atoms with Gasteiger partial charge in [0, 0.05) is 31.1 Å². The third-order valence-corrected chi connectivity index (χ3v) is 5.83. The van der Waals surface area contributed by atoms with Crippen molar-refractivity contribution in [2.45, 2.75) is 18.7 Å². The number of benzene rings is 2. The summed E-state index contributed by atoms with van der Waals surface area (Å²) in [4.78, 5) is 2.39. The first-order chi connectivity index (χ1) is 14.7. The van der Waals surface area contributed by atoms with E-state index >= 15 is 0 Å². The molecule has 2 heterocycles. The lowest BCUT2D eigenvalue weighted by atomic mass is 10.2. The molecule has 1 aromatic heterocycles. The van der Waals surface area contributed by atoms with Crippen LogP contribution in [0.2, 0.25) is 0 Å². The van der Waals surface area contributed by atoms with Gasteiger partial charge in [0.1, 0.15) is 18.2 Å². The Bertz CT molecular complexity index is 941. The molecule has 3 aromatic rings. The molecule has 0 spiro atoms. The average Bonchev–Trinajstić information content (AvgIpc) is 3.17.